The second-order valence-electron chi connectivity index (χ2n) is 5.32. The highest BCUT2D eigenvalue weighted by atomic mass is 16.5. The molecule has 0 aliphatic carbocycles. The molecule has 3 nitrogen and oxygen atoms in total. The lowest BCUT2D eigenvalue weighted by Gasteiger charge is -2.12. The lowest BCUT2D eigenvalue weighted by molar-refractivity contribution is 0.305. The molecule has 1 atom stereocenters. The van der Waals surface area contributed by atoms with Crippen LogP contribution in [0.15, 0.2) is 48.5 Å². The molecule has 0 bridgehead atoms. The molecule has 0 saturated heterocycles. The number of hydrogen-bond acceptors (Lipinski definition) is 3. The molecule has 3 heteroatoms. The zero-order chi connectivity index (χ0) is 16.5. The maximum absolute atomic E-state index is 9.39. The Labute approximate surface area is 138 Å². The summed E-state index contributed by atoms with van der Waals surface area (Å²) < 4.78 is 11.2. The first-order chi connectivity index (χ1) is 11.3. The number of benzene rings is 2. The van der Waals surface area contributed by atoms with E-state index in [0.717, 1.165) is 23.5 Å². The Balaban J connectivity index is 1.90. The van der Waals surface area contributed by atoms with Gasteiger partial charge >= 0.3 is 0 Å². The molecule has 0 aromatic heterocycles. The zero-order valence-electron chi connectivity index (χ0n) is 13.8. The van der Waals surface area contributed by atoms with Gasteiger partial charge in [-0.05, 0) is 48.7 Å². The van der Waals surface area contributed by atoms with Crippen molar-refractivity contribution in [2.75, 3.05) is 13.2 Å². The van der Waals surface area contributed by atoms with E-state index in [0.29, 0.717) is 19.6 Å². The molecule has 0 amide bonds. The van der Waals surface area contributed by atoms with E-state index in [-0.39, 0.29) is 5.92 Å². The summed E-state index contributed by atoms with van der Waals surface area (Å²) in [4.78, 5) is 0. The van der Waals surface area contributed by atoms with E-state index < -0.39 is 0 Å². The number of nitriles is 1. The van der Waals surface area contributed by atoms with Gasteiger partial charge in [0.2, 0.25) is 0 Å². The van der Waals surface area contributed by atoms with Crippen LogP contribution in [0.2, 0.25) is 0 Å². The molecule has 2 aromatic rings. The molecule has 2 aromatic carbocycles. The predicted molar refractivity (Wildman–Crippen MR) is 91.9 cm³/mol. The standard InChI is InChI=1S/C20H23NO2/c1-3-16-6-5-7-20(14-16)23-13-12-18(15-21)17-8-10-19(11-9-17)22-4-2/h5-11,14,18H,3-4,12-13H2,1-2H3. The molecule has 23 heavy (non-hydrogen) atoms. The van der Waals surface area contributed by atoms with Gasteiger partial charge in [-0.1, -0.05) is 31.2 Å². The summed E-state index contributed by atoms with van der Waals surface area (Å²) in [5.74, 6) is 1.54. The monoisotopic (exact) mass is 309 g/mol. The van der Waals surface area contributed by atoms with Gasteiger partial charge in [0, 0.05) is 6.42 Å². The summed E-state index contributed by atoms with van der Waals surface area (Å²) in [5.41, 5.74) is 2.26. The molecule has 1 unspecified atom stereocenters. The molecule has 2 rings (SSSR count). The van der Waals surface area contributed by atoms with Gasteiger partial charge in [-0.2, -0.15) is 5.26 Å². The number of rotatable bonds is 8. The highest BCUT2D eigenvalue weighted by Crippen LogP contribution is 2.23. The van der Waals surface area contributed by atoms with Gasteiger partial charge in [0.05, 0.1) is 25.2 Å². The maximum Gasteiger partial charge on any atom is 0.119 e. The molecule has 0 fully saturated rings. The Morgan fingerprint density at radius 3 is 2.43 bits per heavy atom. The van der Waals surface area contributed by atoms with Gasteiger partial charge in [-0.15, -0.1) is 0 Å². The molecular formula is C20H23NO2. The van der Waals surface area contributed by atoms with Crippen LogP contribution in [-0.2, 0) is 6.42 Å². The van der Waals surface area contributed by atoms with Crippen LogP contribution in [0, 0.1) is 11.3 Å². The highest BCUT2D eigenvalue weighted by Gasteiger charge is 2.11. The van der Waals surface area contributed by atoms with Crippen LogP contribution >= 0.6 is 0 Å². The Bertz CT molecular complexity index is 643. The van der Waals surface area contributed by atoms with Crippen LogP contribution in [0.4, 0.5) is 0 Å². The van der Waals surface area contributed by atoms with Crippen LogP contribution in [0.3, 0.4) is 0 Å². The predicted octanol–water partition coefficient (Wildman–Crippen LogP) is 4.72. The van der Waals surface area contributed by atoms with Crippen molar-refractivity contribution in [3.63, 3.8) is 0 Å². The third-order valence-electron chi connectivity index (χ3n) is 3.73. The van der Waals surface area contributed by atoms with Gasteiger partial charge in [-0.25, -0.2) is 0 Å². The molecule has 0 heterocycles. The second kappa shape index (κ2) is 8.85. The largest absolute Gasteiger partial charge is 0.494 e. The van der Waals surface area contributed by atoms with Crippen LogP contribution in [0.5, 0.6) is 11.5 Å². The number of ether oxygens (including phenoxy) is 2. The summed E-state index contributed by atoms with van der Waals surface area (Å²) in [6, 6.07) is 18.2. The fourth-order valence-corrected chi connectivity index (χ4v) is 2.42. The quantitative estimate of drug-likeness (QED) is 0.708. The van der Waals surface area contributed by atoms with Crippen LogP contribution in [0.1, 0.15) is 37.3 Å². The fraction of sp³-hybridized carbons (Fsp3) is 0.350. The van der Waals surface area contributed by atoms with Crippen molar-refractivity contribution in [1.82, 2.24) is 0 Å². The third-order valence-corrected chi connectivity index (χ3v) is 3.73. The minimum atomic E-state index is -0.167. The first-order valence-corrected chi connectivity index (χ1v) is 8.11. The summed E-state index contributed by atoms with van der Waals surface area (Å²) in [5, 5.41) is 9.39. The topological polar surface area (TPSA) is 42.2 Å². The third kappa shape index (κ3) is 5.03. The Morgan fingerprint density at radius 1 is 1.00 bits per heavy atom. The molecule has 0 N–H and O–H groups in total. The molecule has 0 aliphatic heterocycles. The Morgan fingerprint density at radius 2 is 1.78 bits per heavy atom. The van der Waals surface area contributed by atoms with E-state index in [2.05, 4.69) is 25.1 Å². The lowest BCUT2D eigenvalue weighted by atomic mass is 9.97. The van der Waals surface area contributed by atoms with E-state index in [4.69, 9.17) is 9.47 Å². The van der Waals surface area contributed by atoms with Gasteiger partial charge < -0.3 is 9.47 Å². The summed E-state index contributed by atoms with van der Waals surface area (Å²) in [6.45, 7) is 5.25. The molecular weight excluding hydrogens is 286 g/mol. The van der Waals surface area contributed by atoms with Gasteiger partial charge in [0.25, 0.3) is 0 Å². The van der Waals surface area contributed by atoms with Crippen molar-refractivity contribution in [1.29, 1.82) is 5.26 Å². The Kier molecular flexibility index (Phi) is 6.50. The van der Waals surface area contributed by atoms with Gasteiger partial charge in [0.15, 0.2) is 0 Å². The molecule has 120 valence electrons. The minimum absolute atomic E-state index is 0.167. The average molecular weight is 309 g/mol. The van der Waals surface area contributed by atoms with Crippen molar-refractivity contribution in [2.24, 2.45) is 0 Å². The van der Waals surface area contributed by atoms with Crippen molar-refractivity contribution in [3.8, 4) is 17.6 Å². The van der Waals surface area contributed by atoms with Crippen molar-refractivity contribution in [2.45, 2.75) is 32.6 Å². The van der Waals surface area contributed by atoms with E-state index in [1.165, 1.54) is 5.56 Å². The smallest absolute Gasteiger partial charge is 0.119 e. The minimum Gasteiger partial charge on any atom is -0.494 e. The molecule has 0 spiro atoms. The Hall–Kier alpha value is -2.47. The molecule has 0 saturated carbocycles. The molecule has 0 aliphatic rings. The average Bonchev–Trinajstić information content (AvgIpc) is 2.60. The summed E-state index contributed by atoms with van der Waals surface area (Å²) >= 11 is 0. The normalized spacial score (nSPS) is 11.5. The van der Waals surface area contributed by atoms with Crippen LogP contribution < -0.4 is 9.47 Å². The number of hydrogen-bond donors (Lipinski definition) is 0. The van der Waals surface area contributed by atoms with E-state index in [1.807, 2.05) is 43.3 Å². The van der Waals surface area contributed by atoms with Crippen molar-refractivity contribution >= 4 is 0 Å². The second-order valence-corrected chi connectivity index (χ2v) is 5.32. The molecule has 0 radical (unpaired) electrons. The summed E-state index contributed by atoms with van der Waals surface area (Å²) in [7, 11) is 0. The zero-order valence-corrected chi connectivity index (χ0v) is 13.8. The van der Waals surface area contributed by atoms with Crippen LogP contribution in [-0.4, -0.2) is 13.2 Å². The van der Waals surface area contributed by atoms with Gasteiger partial charge in [-0.3, -0.25) is 0 Å². The number of aryl methyl sites for hydroxylation is 1. The SMILES string of the molecule is CCOc1ccc(C(C#N)CCOc2cccc(CC)c2)cc1. The number of nitrogens with zero attached hydrogens (tertiary/aromatic N) is 1. The van der Waals surface area contributed by atoms with E-state index in [1.54, 1.807) is 0 Å². The first kappa shape index (κ1) is 16.9. The van der Waals surface area contributed by atoms with Crippen molar-refractivity contribution in [3.05, 3.63) is 59.7 Å². The summed E-state index contributed by atoms with van der Waals surface area (Å²) in [6.07, 6.45) is 1.66. The first-order valence-electron chi connectivity index (χ1n) is 8.11. The van der Waals surface area contributed by atoms with E-state index in [9.17, 15) is 5.26 Å². The highest BCUT2D eigenvalue weighted by molar-refractivity contribution is 5.32. The van der Waals surface area contributed by atoms with Crippen molar-refractivity contribution < 1.29 is 9.47 Å². The van der Waals surface area contributed by atoms with E-state index >= 15 is 0 Å². The van der Waals surface area contributed by atoms with Gasteiger partial charge in [0.1, 0.15) is 11.5 Å². The fourth-order valence-electron chi connectivity index (χ4n) is 2.42. The lowest BCUT2D eigenvalue weighted by Crippen LogP contribution is -2.05. The van der Waals surface area contributed by atoms with Crippen LogP contribution in [0.25, 0.3) is 0 Å². The maximum atomic E-state index is 9.39.